The van der Waals surface area contributed by atoms with Crippen molar-refractivity contribution in [1.82, 2.24) is 19.7 Å². The van der Waals surface area contributed by atoms with Gasteiger partial charge < -0.3 is 4.74 Å². The maximum atomic E-state index is 11.6. The predicted octanol–water partition coefficient (Wildman–Crippen LogP) is 2.05. The SMILES string of the molecule is CCOC(=O)c1cnn(-c2ncnc(Cl)c2CC)c1. The van der Waals surface area contributed by atoms with Crippen LogP contribution in [0.5, 0.6) is 0 Å². The van der Waals surface area contributed by atoms with Crippen LogP contribution in [-0.4, -0.2) is 32.3 Å². The second-order valence-electron chi connectivity index (χ2n) is 3.71. The van der Waals surface area contributed by atoms with E-state index in [4.69, 9.17) is 16.3 Å². The molecule has 2 heterocycles. The lowest BCUT2D eigenvalue weighted by atomic mass is 10.2. The Hall–Kier alpha value is -1.95. The van der Waals surface area contributed by atoms with Crippen LogP contribution in [0.1, 0.15) is 29.8 Å². The van der Waals surface area contributed by atoms with Crippen LogP contribution in [0, 0.1) is 0 Å². The van der Waals surface area contributed by atoms with Gasteiger partial charge in [-0.1, -0.05) is 18.5 Å². The lowest BCUT2D eigenvalue weighted by Gasteiger charge is -2.06. The third kappa shape index (κ3) is 2.73. The smallest absolute Gasteiger partial charge is 0.341 e. The number of esters is 1. The number of hydrogen-bond donors (Lipinski definition) is 0. The summed E-state index contributed by atoms with van der Waals surface area (Å²) in [5, 5.41) is 4.50. The number of hydrogen-bond acceptors (Lipinski definition) is 5. The van der Waals surface area contributed by atoms with Crippen molar-refractivity contribution in [2.24, 2.45) is 0 Å². The average molecular weight is 281 g/mol. The van der Waals surface area contributed by atoms with Gasteiger partial charge in [0.25, 0.3) is 0 Å². The van der Waals surface area contributed by atoms with Crippen LogP contribution in [0.3, 0.4) is 0 Å². The van der Waals surface area contributed by atoms with E-state index >= 15 is 0 Å². The van der Waals surface area contributed by atoms with Crippen molar-refractivity contribution in [2.75, 3.05) is 6.61 Å². The maximum Gasteiger partial charge on any atom is 0.341 e. The van der Waals surface area contributed by atoms with E-state index in [0.29, 0.717) is 29.6 Å². The topological polar surface area (TPSA) is 69.9 Å². The zero-order chi connectivity index (χ0) is 13.8. The highest BCUT2D eigenvalue weighted by Gasteiger charge is 2.14. The van der Waals surface area contributed by atoms with E-state index < -0.39 is 5.97 Å². The molecule has 0 bridgehead atoms. The Kier molecular flexibility index (Phi) is 4.11. The molecule has 100 valence electrons. The molecule has 0 aliphatic heterocycles. The molecule has 0 amide bonds. The quantitative estimate of drug-likeness (QED) is 0.633. The van der Waals surface area contributed by atoms with Crippen molar-refractivity contribution in [3.8, 4) is 5.82 Å². The molecule has 0 atom stereocenters. The van der Waals surface area contributed by atoms with E-state index in [0.717, 1.165) is 5.56 Å². The number of ether oxygens (including phenoxy) is 1. The van der Waals surface area contributed by atoms with Crippen LogP contribution < -0.4 is 0 Å². The molecule has 0 N–H and O–H groups in total. The second-order valence-corrected chi connectivity index (χ2v) is 4.07. The molecule has 2 aromatic heterocycles. The lowest BCUT2D eigenvalue weighted by Crippen LogP contribution is -2.05. The van der Waals surface area contributed by atoms with E-state index in [1.807, 2.05) is 6.92 Å². The Labute approximate surface area is 115 Å². The zero-order valence-electron chi connectivity index (χ0n) is 10.6. The first-order chi connectivity index (χ1) is 9.17. The molecule has 2 rings (SSSR count). The van der Waals surface area contributed by atoms with Gasteiger partial charge in [0.1, 0.15) is 11.5 Å². The Morgan fingerprint density at radius 3 is 2.89 bits per heavy atom. The van der Waals surface area contributed by atoms with Gasteiger partial charge in [-0.2, -0.15) is 5.10 Å². The minimum atomic E-state index is -0.410. The molecule has 0 aliphatic carbocycles. The standard InChI is InChI=1S/C12H13ClN4O2/c1-3-9-10(13)14-7-15-11(9)17-6-8(5-16-17)12(18)19-4-2/h5-7H,3-4H2,1-2H3. The van der Waals surface area contributed by atoms with Crippen molar-refractivity contribution in [2.45, 2.75) is 20.3 Å². The third-order valence-corrected chi connectivity index (χ3v) is 2.86. The molecule has 0 unspecified atom stereocenters. The Bertz CT molecular complexity index is 597. The number of carbonyl (C=O) groups excluding carboxylic acids is 1. The first kappa shape index (κ1) is 13.5. The summed E-state index contributed by atoms with van der Waals surface area (Å²) < 4.78 is 6.40. The van der Waals surface area contributed by atoms with Crippen molar-refractivity contribution in [3.05, 3.63) is 35.0 Å². The monoisotopic (exact) mass is 280 g/mol. The van der Waals surface area contributed by atoms with E-state index in [-0.39, 0.29) is 0 Å². The molecule has 0 saturated heterocycles. The fourth-order valence-electron chi connectivity index (χ4n) is 1.64. The maximum absolute atomic E-state index is 11.6. The van der Waals surface area contributed by atoms with E-state index in [9.17, 15) is 4.79 Å². The molecule has 2 aromatic rings. The highest BCUT2D eigenvalue weighted by Crippen LogP contribution is 2.19. The summed E-state index contributed by atoms with van der Waals surface area (Å²) in [6.07, 6.45) is 5.04. The predicted molar refractivity (Wildman–Crippen MR) is 69.5 cm³/mol. The Balaban J connectivity index is 2.38. The van der Waals surface area contributed by atoms with Crippen molar-refractivity contribution < 1.29 is 9.53 Å². The second kappa shape index (κ2) is 5.79. The van der Waals surface area contributed by atoms with Gasteiger partial charge in [-0.3, -0.25) is 0 Å². The van der Waals surface area contributed by atoms with Crippen LogP contribution in [0.25, 0.3) is 5.82 Å². The van der Waals surface area contributed by atoms with Gasteiger partial charge in [0, 0.05) is 11.8 Å². The van der Waals surface area contributed by atoms with E-state index in [1.54, 1.807) is 13.1 Å². The van der Waals surface area contributed by atoms with Crippen LogP contribution in [-0.2, 0) is 11.2 Å². The summed E-state index contributed by atoms with van der Waals surface area (Å²) in [5.74, 6) is 0.157. The minimum Gasteiger partial charge on any atom is -0.462 e. The summed E-state index contributed by atoms with van der Waals surface area (Å²) in [6, 6.07) is 0. The largest absolute Gasteiger partial charge is 0.462 e. The minimum absolute atomic E-state index is 0.323. The average Bonchev–Trinajstić information content (AvgIpc) is 2.88. The van der Waals surface area contributed by atoms with Crippen LogP contribution >= 0.6 is 11.6 Å². The number of aromatic nitrogens is 4. The number of nitrogens with zero attached hydrogens (tertiary/aromatic N) is 4. The molecular formula is C12H13ClN4O2. The molecule has 6 nitrogen and oxygen atoms in total. The van der Waals surface area contributed by atoms with Crippen LogP contribution in [0.15, 0.2) is 18.7 Å². The van der Waals surface area contributed by atoms with Gasteiger partial charge in [0.15, 0.2) is 5.82 Å². The third-order valence-electron chi connectivity index (χ3n) is 2.53. The van der Waals surface area contributed by atoms with E-state index in [2.05, 4.69) is 15.1 Å². The van der Waals surface area contributed by atoms with Gasteiger partial charge in [-0.05, 0) is 13.3 Å². The fraction of sp³-hybridized carbons (Fsp3) is 0.333. The fourth-order valence-corrected chi connectivity index (χ4v) is 1.90. The first-order valence-corrected chi connectivity index (χ1v) is 6.26. The molecule has 7 heteroatoms. The summed E-state index contributed by atoms with van der Waals surface area (Å²) >= 11 is 6.01. The van der Waals surface area contributed by atoms with Gasteiger partial charge in [-0.15, -0.1) is 0 Å². The van der Waals surface area contributed by atoms with Gasteiger partial charge >= 0.3 is 5.97 Å². The molecule has 0 radical (unpaired) electrons. The van der Waals surface area contributed by atoms with Crippen molar-refractivity contribution >= 4 is 17.6 Å². The molecule has 0 spiro atoms. The summed E-state index contributed by atoms with van der Waals surface area (Å²) in [4.78, 5) is 19.7. The highest BCUT2D eigenvalue weighted by atomic mass is 35.5. The lowest BCUT2D eigenvalue weighted by molar-refractivity contribution is 0.0526. The number of rotatable bonds is 4. The van der Waals surface area contributed by atoms with Crippen molar-refractivity contribution in [1.29, 1.82) is 0 Å². The van der Waals surface area contributed by atoms with Gasteiger partial charge in [0.05, 0.1) is 18.4 Å². The zero-order valence-corrected chi connectivity index (χ0v) is 11.4. The summed E-state index contributed by atoms with van der Waals surface area (Å²) in [7, 11) is 0. The van der Waals surface area contributed by atoms with Gasteiger partial charge in [0.2, 0.25) is 0 Å². The number of carbonyl (C=O) groups is 1. The normalized spacial score (nSPS) is 10.5. The highest BCUT2D eigenvalue weighted by molar-refractivity contribution is 6.30. The molecule has 0 fully saturated rings. The first-order valence-electron chi connectivity index (χ1n) is 5.88. The number of halogens is 1. The molecule has 19 heavy (non-hydrogen) atoms. The van der Waals surface area contributed by atoms with Crippen molar-refractivity contribution in [3.63, 3.8) is 0 Å². The molecule has 0 aromatic carbocycles. The summed E-state index contributed by atoms with van der Waals surface area (Å²) in [6.45, 7) is 4.02. The Morgan fingerprint density at radius 2 is 2.21 bits per heavy atom. The molecular weight excluding hydrogens is 268 g/mol. The molecule has 0 aliphatic rings. The molecule has 0 saturated carbocycles. The van der Waals surface area contributed by atoms with Crippen LogP contribution in [0.2, 0.25) is 5.15 Å². The summed E-state index contributed by atoms with van der Waals surface area (Å²) in [5.41, 5.74) is 1.15. The van der Waals surface area contributed by atoms with E-state index in [1.165, 1.54) is 17.2 Å². The Morgan fingerprint density at radius 1 is 1.42 bits per heavy atom. The van der Waals surface area contributed by atoms with Gasteiger partial charge in [-0.25, -0.2) is 19.4 Å². The van der Waals surface area contributed by atoms with Crippen LogP contribution in [0.4, 0.5) is 0 Å².